The van der Waals surface area contributed by atoms with Crippen LogP contribution >= 0.6 is 0 Å². The van der Waals surface area contributed by atoms with Crippen molar-refractivity contribution in [2.75, 3.05) is 12.4 Å². The Balaban J connectivity index is 1.76. The van der Waals surface area contributed by atoms with Crippen LogP contribution in [0.15, 0.2) is 77.4 Å². The van der Waals surface area contributed by atoms with E-state index in [4.69, 9.17) is 9.15 Å². The van der Waals surface area contributed by atoms with Crippen molar-refractivity contribution in [3.8, 4) is 22.9 Å². The molecule has 0 aliphatic rings. The summed E-state index contributed by atoms with van der Waals surface area (Å²) in [5.74, 6) is 0.894. The number of methoxy groups -OCH3 is 1. The van der Waals surface area contributed by atoms with Crippen molar-refractivity contribution in [3.05, 3.63) is 84.3 Å². The highest BCUT2D eigenvalue weighted by Gasteiger charge is 2.20. The second-order valence-corrected chi connectivity index (χ2v) is 6.30. The Kier molecular flexibility index (Phi) is 4.68. The van der Waals surface area contributed by atoms with Crippen molar-refractivity contribution < 1.29 is 13.9 Å². The number of anilines is 1. The summed E-state index contributed by atoms with van der Waals surface area (Å²) in [4.78, 5) is 13.1. The summed E-state index contributed by atoms with van der Waals surface area (Å²) in [5.41, 5.74) is 3.37. The first-order chi connectivity index (χ1) is 13.7. The van der Waals surface area contributed by atoms with Crippen LogP contribution in [0, 0.1) is 6.92 Å². The van der Waals surface area contributed by atoms with E-state index in [9.17, 15) is 4.79 Å². The minimum Gasteiger partial charge on any atom is -0.495 e. The third-order valence-corrected chi connectivity index (χ3v) is 4.32. The highest BCUT2D eigenvalue weighted by atomic mass is 16.5. The van der Waals surface area contributed by atoms with E-state index in [0.29, 0.717) is 28.6 Å². The molecule has 4 rings (SSSR count). The molecule has 140 valence electrons. The van der Waals surface area contributed by atoms with E-state index >= 15 is 0 Å². The molecule has 0 bridgehead atoms. The summed E-state index contributed by atoms with van der Waals surface area (Å²) in [6, 6.07) is 20.4. The molecule has 0 unspecified atom stereocenters. The number of hydrogen-bond donors (Lipinski definition) is 1. The van der Waals surface area contributed by atoms with Gasteiger partial charge >= 0.3 is 0 Å². The molecule has 2 heterocycles. The molecular weight excluding hydrogens is 354 g/mol. The zero-order chi connectivity index (χ0) is 19.5. The molecule has 0 aliphatic carbocycles. The highest BCUT2D eigenvalue weighted by molar-refractivity contribution is 6.04. The molecule has 0 aliphatic heterocycles. The number of carbonyl (C=O) groups is 1. The van der Waals surface area contributed by atoms with Gasteiger partial charge in [-0.2, -0.15) is 5.10 Å². The van der Waals surface area contributed by atoms with E-state index in [1.807, 2.05) is 61.5 Å². The Hall–Kier alpha value is -3.80. The molecule has 6 heteroatoms. The Morgan fingerprint density at radius 3 is 2.61 bits per heavy atom. The minimum atomic E-state index is -0.293. The first-order valence-corrected chi connectivity index (χ1v) is 8.81. The van der Waals surface area contributed by atoms with Crippen LogP contribution in [0.3, 0.4) is 0 Å². The average Bonchev–Trinajstić information content (AvgIpc) is 3.39. The lowest BCUT2D eigenvalue weighted by atomic mass is 10.2. The summed E-state index contributed by atoms with van der Waals surface area (Å²) in [6.45, 7) is 1.96. The molecule has 0 fully saturated rings. The van der Waals surface area contributed by atoms with Crippen molar-refractivity contribution in [1.29, 1.82) is 0 Å². The number of aryl methyl sites for hydroxylation is 1. The average molecular weight is 373 g/mol. The molecule has 6 nitrogen and oxygen atoms in total. The van der Waals surface area contributed by atoms with Crippen molar-refractivity contribution in [2.45, 2.75) is 6.92 Å². The second kappa shape index (κ2) is 7.44. The number of ether oxygens (including phenoxy) is 1. The van der Waals surface area contributed by atoms with Crippen molar-refractivity contribution in [2.24, 2.45) is 0 Å². The van der Waals surface area contributed by atoms with Crippen LogP contribution in [-0.2, 0) is 0 Å². The normalized spacial score (nSPS) is 10.6. The first-order valence-electron chi connectivity index (χ1n) is 8.81. The number of para-hydroxylation sites is 1. The lowest BCUT2D eigenvalue weighted by Crippen LogP contribution is -2.17. The fourth-order valence-corrected chi connectivity index (χ4v) is 2.96. The zero-order valence-electron chi connectivity index (χ0n) is 15.5. The van der Waals surface area contributed by atoms with Crippen molar-refractivity contribution in [1.82, 2.24) is 9.78 Å². The molecule has 0 atom stereocenters. The maximum atomic E-state index is 13.1. The van der Waals surface area contributed by atoms with Gasteiger partial charge in [0.1, 0.15) is 17.1 Å². The summed E-state index contributed by atoms with van der Waals surface area (Å²) < 4.78 is 12.4. The maximum absolute atomic E-state index is 13.1. The molecule has 2 aromatic heterocycles. The van der Waals surface area contributed by atoms with Crippen LogP contribution in [0.4, 0.5) is 5.69 Å². The molecular formula is C22H19N3O3. The molecule has 0 spiro atoms. The summed E-state index contributed by atoms with van der Waals surface area (Å²) in [7, 11) is 1.57. The van der Waals surface area contributed by atoms with Gasteiger partial charge in [-0.25, -0.2) is 4.68 Å². The Bertz CT molecular complexity index is 1100. The predicted octanol–water partition coefficient (Wildman–Crippen LogP) is 4.70. The minimum absolute atomic E-state index is 0.293. The lowest BCUT2D eigenvalue weighted by molar-refractivity contribution is 0.101. The molecule has 0 radical (unpaired) electrons. The van der Waals surface area contributed by atoms with Gasteiger partial charge in [0.15, 0.2) is 5.76 Å². The number of hydrogen-bond acceptors (Lipinski definition) is 4. The van der Waals surface area contributed by atoms with Crippen LogP contribution in [0.1, 0.15) is 16.1 Å². The number of aromatic nitrogens is 2. The fraction of sp³-hybridized carbons (Fsp3) is 0.0909. The van der Waals surface area contributed by atoms with Crippen molar-refractivity contribution >= 4 is 11.6 Å². The van der Waals surface area contributed by atoms with E-state index in [1.165, 1.54) is 0 Å². The van der Waals surface area contributed by atoms with Gasteiger partial charge in [0.25, 0.3) is 5.91 Å². The molecule has 2 aromatic carbocycles. The Morgan fingerprint density at radius 2 is 1.89 bits per heavy atom. The van der Waals surface area contributed by atoms with Gasteiger partial charge in [-0.15, -0.1) is 0 Å². The van der Waals surface area contributed by atoms with Crippen LogP contribution in [0.5, 0.6) is 5.75 Å². The van der Waals surface area contributed by atoms with E-state index in [0.717, 1.165) is 11.3 Å². The van der Waals surface area contributed by atoms with Gasteiger partial charge in [-0.3, -0.25) is 4.79 Å². The van der Waals surface area contributed by atoms with Gasteiger partial charge in [0, 0.05) is 6.07 Å². The van der Waals surface area contributed by atoms with Crippen LogP contribution < -0.4 is 10.1 Å². The maximum Gasteiger partial charge on any atom is 0.274 e. The van der Waals surface area contributed by atoms with Crippen molar-refractivity contribution in [3.63, 3.8) is 0 Å². The third kappa shape index (κ3) is 3.40. The lowest BCUT2D eigenvalue weighted by Gasteiger charge is -2.12. The molecule has 28 heavy (non-hydrogen) atoms. The number of amides is 1. The zero-order valence-corrected chi connectivity index (χ0v) is 15.5. The highest BCUT2D eigenvalue weighted by Crippen LogP contribution is 2.27. The largest absolute Gasteiger partial charge is 0.495 e. The summed E-state index contributed by atoms with van der Waals surface area (Å²) >= 11 is 0. The molecule has 0 saturated heterocycles. The van der Waals surface area contributed by atoms with Gasteiger partial charge in [0.05, 0.1) is 24.7 Å². The predicted molar refractivity (Wildman–Crippen MR) is 107 cm³/mol. The van der Waals surface area contributed by atoms with E-state index < -0.39 is 0 Å². The number of furan rings is 1. The second-order valence-electron chi connectivity index (χ2n) is 6.30. The van der Waals surface area contributed by atoms with Gasteiger partial charge < -0.3 is 14.5 Å². The molecule has 1 N–H and O–H groups in total. The van der Waals surface area contributed by atoms with Crippen LogP contribution in [0.2, 0.25) is 0 Å². The quantitative estimate of drug-likeness (QED) is 0.550. The number of nitrogens with zero attached hydrogens (tertiary/aromatic N) is 2. The molecule has 0 saturated carbocycles. The smallest absolute Gasteiger partial charge is 0.274 e. The monoisotopic (exact) mass is 373 g/mol. The molecule has 4 aromatic rings. The number of carbonyl (C=O) groups excluding carboxylic acids is 1. The van der Waals surface area contributed by atoms with E-state index in [1.54, 1.807) is 30.2 Å². The standard InChI is InChI=1S/C22H19N3O3/c1-15-10-11-20(27-2)17(13-15)23-22(26)19-14-18(21-9-6-12-28-21)24-25(19)16-7-4-3-5-8-16/h3-14H,1-2H3,(H,23,26). The van der Waals surface area contributed by atoms with Gasteiger partial charge in [-0.1, -0.05) is 24.3 Å². The van der Waals surface area contributed by atoms with E-state index in [-0.39, 0.29) is 5.91 Å². The first kappa shape index (κ1) is 17.6. The number of benzene rings is 2. The van der Waals surface area contributed by atoms with E-state index in [2.05, 4.69) is 10.4 Å². The third-order valence-electron chi connectivity index (χ3n) is 4.32. The van der Waals surface area contributed by atoms with Crippen LogP contribution in [-0.4, -0.2) is 22.8 Å². The Labute approximate surface area is 162 Å². The molecule has 1 amide bonds. The summed E-state index contributed by atoms with van der Waals surface area (Å²) in [5, 5.41) is 7.51. The number of nitrogens with one attached hydrogen (secondary N) is 1. The van der Waals surface area contributed by atoms with Crippen LogP contribution in [0.25, 0.3) is 17.1 Å². The number of rotatable bonds is 5. The SMILES string of the molecule is COc1ccc(C)cc1NC(=O)c1cc(-c2ccco2)nn1-c1ccccc1. The van der Waals surface area contributed by atoms with Gasteiger partial charge in [0.2, 0.25) is 0 Å². The fourth-order valence-electron chi connectivity index (χ4n) is 2.96. The van der Waals surface area contributed by atoms with Gasteiger partial charge in [-0.05, 0) is 48.9 Å². The Morgan fingerprint density at radius 1 is 1.07 bits per heavy atom. The topological polar surface area (TPSA) is 69.3 Å². The summed E-state index contributed by atoms with van der Waals surface area (Å²) in [6.07, 6.45) is 1.58.